The van der Waals surface area contributed by atoms with Gasteiger partial charge in [0.15, 0.2) is 11.5 Å². The smallest absolute Gasteiger partial charge is 0.156 e. The van der Waals surface area contributed by atoms with E-state index in [9.17, 15) is 10.2 Å². The van der Waals surface area contributed by atoms with Gasteiger partial charge in [0.2, 0.25) is 0 Å². The fourth-order valence-electron chi connectivity index (χ4n) is 1.67. The Morgan fingerprint density at radius 1 is 1.31 bits per heavy atom. The van der Waals surface area contributed by atoms with Gasteiger partial charge in [0.1, 0.15) is 17.1 Å². The number of hydrogen-bond acceptors (Lipinski definition) is 4. The highest BCUT2D eigenvalue weighted by Gasteiger charge is 2.20. The van der Waals surface area contributed by atoms with E-state index in [2.05, 4.69) is 4.99 Å². The van der Waals surface area contributed by atoms with E-state index >= 15 is 0 Å². The Morgan fingerprint density at radius 3 is 3.06 bits per heavy atom. The van der Waals surface area contributed by atoms with Gasteiger partial charge in [0.05, 0.1) is 6.10 Å². The second-order valence-electron chi connectivity index (χ2n) is 3.63. The maximum absolute atomic E-state index is 9.40. The van der Waals surface area contributed by atoms with Crippen LogP contribution in [0.1, 0.15) is 0 Å². The van der Waals surface area contributed by atoms with Gasteiger partial charge in [-0.05, 0) is 30.4 Å². The van der Waals surface area contributed by atoms with E-state index in [1.54, 1.807) is 30.4 Å². The zero-order valence-electron chi connectivity index (χ0n) is 8.29. The molecule has 80 valence electrons. The third-order valence-corrected chi connectivity index (χ3v) is 2.43. The summed E-state index contributed by atoms with van der Waals surface area (Å²) in [5, 5.41) is 18.7. The van der Waals surface area contributed by atoms with E-state index < -0.39 is 6.10 Å². The molecule has 1 aliphatic heterocycles. The summed E-state index contributed by atoms with van der Waals surface area (Å²) in [5.74, 6) is 1.15. The molecule has 0 radical (unpaired) electrons. The molecule has 1 aliphatic carbocycles. The van der Waals surface area contributed by atoms with Crippen molar-refractivity contribution in [2.45, 2.75) is 6.10 Å². The van der Waals surface area contributed by atoms with Crippen LogP contribution in [0.4, 0.5) is 5.69 Å². The first-order valence-corrected chi connectivity index (χ1v) is 4.90. The number of hydrogen-bond donors (Lipinski definition) is 2. The normalized spacial score (nSPS) is 21.4. The molecule has 16 heavy (non-hydrogen) atoms. The fourth-order valence-corrected chi connectivity index (χ4v) is 1.67. The Morgan fingerprint density at radius 2 is 2.19 bits per heavy atom. The van der Waals surface area contributed by atoms with Crippen molar-refractivity contribution < 1.29 is 14.9 Å². The number of phenolic OH excluding ortho intramolecular Hbond substituents is 1. The van der Waals surface area contributed by atoms with Gasteiger partial charge in [-0.15, -0.1) is 0 Å². The van der Waals surface area contributed by atoms with E-state index in [1.807, 2.05) is 0 Å². The number of aliphatic hydroxyl groups excluding tert-OH is 1. The van der Waals surface area contributed by atoms with Crippen molar-refractivity contribution >= 4 is 11.4 Å². The molecule has 4 nitrogen and oxygen atoms in total. The molecule has 1 aromatic rings. The quantitative estimate of drug-likeness (QED) is 0.692. The highest BCUT2D eigenvalue weighted by Crippen LogP contribution is 2.37. The van der Waals surface area contributed by atoms with E-state index in [1.165, 1.54) is 6.07 Å². The van der Waals surface area contributed by atoms with Gasteiger partial charge in [-0.3, -0.25) is 0 Å². The number of aliphatic imine (C=N–C) groups is 1. The molecule has 2 aliphatic rings. The first kappa shape index (κ1) is 9.18. The number of ether oxygens (including phenoxy) is 1. The molecule has 2 N–H and O–H groups in total. The van der Waals surface area contributed by atoms with Gasteiger partial charge in [0, 0.05) is 6.07 Å². The third kappa shape index (κ3) is 1.40. The van der Waals surface area contributed by atoms with Crippen molar-refractivity contribution in [1.29, 1.82) is 0 Å². The van der Waals surface area contributed by atoms with Crippen molar-refractivity contribution in [2.24, 2.45) is 4.99 Å². The standard InChI is InChI=1S/C12H9NO3/c14-7-1-3-9-11(5-7)16-12-6-8(15)2-4-10(12)13-9/h1-7,14-15H. The van der Waals surface area contributed by atoms with Crippen LogP contribution < -0.4 is 4.74 Å². The van der Waals surface area contributed by atoms with Crippen LogP contribution in [-0.4, -0.2) is 22.0 Å². The van der Waals surface area contributed by atoms with Crippen molar-refractivity contribution in [1.82, 2.24) is 0 Å². The first-order valence-electron chi connectivity index (χ1n) is 4.90. The Bertz CT molecular complexity index is 543. The number of aliphatic hydroxyl groups is 1. The minimum atomic E-state index is -0.646. The van der Waals surface area contributed by atoms with E-state index in [4.69, 9.17) is 4.74 Å². The third-order valence-electron chi connectivity index (χ3n) is 2.43. The molecule has 0 aromatic heterocycles. The van der Waals surface area contributed by atoms with Gasteiger partial charge in [-0.2, -0.15) is 0 Å². The summed E-state index contributed by atoms with van der Waals surface area (Å²) in [7, 11) is 0. The van der Waals surface area contributed by atoms with Crippen LogP contribution in [0.5, 0.6) is 11.5 Å². The Kier molecular flexibility index (Phi) is 1.84. The number of phenols is 1. The monoisotopic (exact) mass is 215 g/mol. The lowest BCUT2D eigenvalue weighted by Gasteiger charge is -2.20. The number of fused-ring (bicyclic) bond motifs is 2. The SMILES string of the molecule is Oc1ccc2c(c1)OC1=CC(O)C=CC1=N2. The largest absolute Gasteiger partial charge is 0.508 e. The van der Waals surface area contributed by atoms with Crippen LogP contribution in [0, 0.1) is 0 Å². The first-order chi connectivity index (χ1) is 7.72. The van der Waals surface area contributed by atoms with Gasteiger partial charge in [-0.25, -0.2) is 4.99 Å². The number of benzene rings is 1. The molecule has 0 fully saturated rings. The molecule has 0 saturated heterocycles. The summed E-state index contributed by atoms with van der Waals surface area (Å²) in [5.41, 5.74) is 1.36. The summed E-state index contributed by atoms with van der Waals surface area (Å²) in [6, 6.07) is 4.75. The lowest BCUT2D eigenvalue weighted by atomic mass is 10.1. The number of rotatable bonds is 0. The Balaban J connectivity index is 2.12. The fraction of sp³-hybridized carbons (Fsp3) is 0.0833. The molecular formula is C12H9NO3. The lowest BCUT2D eigenvalue weighted by Crippen LogP contribution is -2.17. The predicted molar refractivity (Wildman–Crippen MR) is 59.1 cm³/mol. The topological polar surface area (TPSA) is 62.0 Å². The summed E-state index contributed by atoms with van der Waals surface area (Å²) in [4.78, 5) is 4.36. The number of nitrogens with zero attached hydrogens (tertiary/aromatic N) is 1. The molecule has 1 aromatic carbocycles. The van der Waals surface area contributed by atoms with Gasteiger partial charge >= 0.3 is 0 Å². The average Bonchev–Trinajstić information content (AvgIpc) is 2.26. The minimum Gasteiger partial charge on any atom is -0.508 e. The maximum atomic E-state index is 9.40. The number of allylic oxidation sites excluding steroid dienone is 1. The summed E-state index contributed by atoms with van der Waals surface area (Å²) in [6.45, 7) is 0. The predicted octanol–water partition coefficient (Wildman–Crippen LogP) is 1.67. The lowest BCUT2D eigenvalue weighted by molar-refractivity contribution is 0.265. The molecular weight excluding hydrogens is 206 g/mol. The zero-order chi connectivity index (χ0) is 11.1. The summed E-state index contributed by atoms with van der Waals surface area (Å²) in [6.07, 6.45) is 4.28. The molecule has 0 saturated carbocycles. The number of aromatic hydroxyl groups is 1. The minimum absolute atomic E-state index is 0.130. The maximum Gasteiger partial charge on any atom is 0.156 e. The summed E-state index contributed by atoms with van der Waals surface area (Å²) >= 11 is 0. The molecule has 0 bridgehead atoms. The van der Waals surface area contributed by atoms with E-state index in [0.717, 1.165) is 0 Å². The zero-order valence-corrected chi connectivity index (χ0v) is 8.29. The van der Waals surface area contributed by atoms with Crippen molar-refractivity contribution in [3.05, 3.63) is 42.2 Å². The molecule has 0 spiro atoms. The molecule has 1 atom stereocenters. The summed E-state index contributed by atoms with van der Waals surface area (Å²) < 4.78 is 5.55. The van der Waals surface area contributed by atoms with Crippen LogP contribution >= 0.6 is 0 Å². The Labute approximate surface area is 91.8 Å². The second kappa shape index (κ2) is 3.21. The molecule has 1 unspecified atom stereocenters. The van der Waals surface area contributed by atoms with Gasteiger partial charge in [-0.1, -0.05) is 0 Å². The molecule has 0 amide bonds. The van der Waals surface area contributed by atoms with Crippen molar-refractivity contribution in [3.8, 4) is 11.5 Å². The van der Waals surface area contributed by atoms with E-state index in [0.29, 0.717) is 22.9 Å². The van der Waals surface area contributed by atoms with Gasteiger partial charge < -0.3 is 14.9 Å². The van der Waals surface area contributed by atoms with Crippen LogP contribution in [0.15, 0.2) is 47.2 Å². The average molecular weight is 215 g/mol. The highest BCUT2D eigenvalue weighted by atomic mass is 16.5. The van der Waals surface area contributed by atoms with Crippen LogP contribution in [0.2, 0.25) is 0 Å². The highest BCUT2D eigenvalue weighted by molar-refractivity contribution is 6.10. The second-order valence-corrected chi connectivity index (χ2v) is 3.63. The van der Waals surface area contributed by atoms with E-state index in [-0.39, 0.29) is 5.75 Å². The molecule has 3 rings (SSSR count). The Hall–Kier alpha value is -2.07. The van der Waals surface area contributed by atoms with Crippen LogP contribution in [0.25, 0.3) is 0 Å². The van der Waals surface area contributed by atoms with Crippen LogP contribution in [0.3, 0.4) is 0 Å². The molecule has 4 heteroatoms. The van der Waals surface area contributed by atoms with Crippen molar-refractivity contribution in [3.63, 3.8) is 0 Å². The van der Waals surface area contributed by atoms with Gasteiger partial charge in [0.25, 0.3) is 0 Å². The van der Waals surface area contributed by atoms with Crippen molar-refractivity contribution in [2.75, 3.05) is 0 Å². The molecule has 1 heterocycles. The van der Waals surface area contributed by atoms with Crippen LogP contribution in [-0.2, 0) is 0 Å².